The number of hydrogen-bond donors (Lipinski definition) is 2. The molecule has 0 aromatic heterocycles. The second kappa shape index (κ2) is 7.60. The number of hydrogen-bond acceptors (Lipinski definition) is 3. The summed E-state index contributed by atoms with van der Waals surface area (Å²) in [6.07, 6.45) is 1.28. The third-order valence-corrected chi connectivity index (χ3v) is 5.93. The molecule has 1 unspecified atom stereocenters. The van der Waals surface area contributed by atoms with Gasteiger partial charge in [-0.1, -0.05) is 61.9 Å². The van der Waals surface area contributed by atoms with Crippen molar-refractivity contribution >= 4 is 17.4 Å². The fraction of sp³-hybridized carbons (Fsp3) is 0.308. The first kappa shape index (κ1) is 20.1. The summed E-state index contributed by atoms with van der Waals surface area (Å²) < 4.78 is 0. The maximum Gasteiger partial charge on any atom is 0.254 e. The summed E-state index contributed by atoms with van der Waals surface area (Å²) in [5.41, 5.74) is 5.87. The predicted molar refractivity (Wildman–Crippen MR) is 120 cm³/mol. The molecule has 0 saturated carbocycles. The van der Waals surface area contributed by atoms with Crippen LogP contribution in [0.3, 0.4) is 0 Å². The van der Waals surface area contributed by atoms with E-state index < -0.39 is 0 Å². The van der Waals surface area contributed by atoms with Crippen LogP contribution >= 0.6 is 0 Å². The monoisotopic (exact) mass is 400 g/mol. The van der Waals surface area contributed by atoms with E-state index in [4.69, 9.17) is 0 Å². The molecular formula is C26H28N2O2. The zero-order valence-electron chi connectivity index (χ0n) is 18.0. The number of aryl methyl sites for hydroxylation is 1. The third kappa shape index (κ3) is 3.82. The van der Waals surface area contributed by atoms with Crippen LogP contribution in [-0.4, -0.2) is 11.7 Å². The molecule has 30 heavy (non-hydrogen) atoms. The van der Waals surface area contributed by atoms with Gasteiger partial charge in [0.05, 0.1) is 0 Å². The van der Waals surface area contributed by atoms with Crippen molar-refractivity contribution in [2.45, 2.75) is 46.5 Å². The smallest absolute Gasteiger partial charge is 0.254 e. The van der Waals surface area contributed by atoms with Gasteiger partial charge in [-0.3, -0.25) is 9.59 Å². The van der Waals surface area contributed by atoms with Crippen LogP contribution in [0.5, 0.6) is 0 Å². The van der Waals surface area contributed by atoms with Gasteiger partial charge in [0.1, 0.15) is 0 Å². The Morgan fingerprint density at radius 2 is 1.67 bits per heavy atom. The molecule has 4 heteroatoms. The quantitative estimate of drug-likeness (QED) is 0.741. The van der Waals surface area contributed by atoms with E-state index in [9.17, 15) is 9.59 Å². The molecule has 4 nitrogen and oxygen atoms in total. The van der Waals surface area contributed by atoms with Gasteiger partial charge in [-0.2, -0.15) is 0 Å². The number of anilines is 1. The van der Waals surface area contributed by atoms with Gasteiger partial charge in [0.25, 0.3) is 5.91 Å². The summed E-state index contributed by atoms with van der Waals surface area (Å²) in [6.45, 7) is 8.20. The Hall–Kier alpha value is -3.14. The van der Waals surface area contributed by atoms with Gasteiger partial charge in [-0.15, -0.1) is 0 Å². The summed E-state index contributed by atoms with van der Waals surface area (Å²) in [7, 11) is 0. The average Bonchev–Trinajstić information content (AvgIpc) is 2.67. The number of carbonyl (C=O) groups is 2. The highest BCUT2D eigenvalue weighted by Gasteiger charge is 2.42. The molecule has 1 aliphatic heterocycles. The van der Waals surface area contributed by atoms with Crippen molar-refractivity contribution in [1.82, 2.24) is 5.32 Å². The molecule has 1 atom stereocenters. The molecule has 2 N–H and O–H groups in total. The number of benzene rings is 2. The molecule has 1 amide bonds. The van der Waals surface area contributed by atoms with Crippen LogP contribution in [0.4, 0.5) is 5.69 Å². The van der Waals surface area contributed by atoms with Crippen molar-refractivity contribution in [2.75, 3.05) is 5.32 Å². The maximum atomic E-state index is 13.4. The van der Waals surface area contributed by atoms with Crippen LogP contribution in [0.15, 0.2) is 77.1 Å². The second-order valence-corrected chi connectivity index (χ2v) is 9.16. The van der Waals surface area contributed by atoms with Gasteiger partial charge in [0, 0.05) is 40.6 Å². The molecule has 0 fully saturated rings. The summed E-state index contributed by atoms with van der Waals surface area (Å²) >= 11 is 0. The van der Waals surface area contributed by atoms with E-state index in [2.05, 4.69) is 24.5 Å². The number of Topliss-reactive ketones (excluding diaryl/α,β-unsaturated/α-hetero) is 1. The molecule has 2 aromatic rings. The zero-order chi connectivity index (χ0) is 21.5. The highest BCUT2D eigenvalue weighted by atomic mass is 16.2. The number of carbonyl (C=O) groups excluding carboxylic acids is 2. The Balaban J connectivity index is 1.81. The highest BCUT2D eigenvalue weighted by Crippen LogP contribution is 2.46. The van der Waals surface area contributed by atoms with Gasteiger partial charge in [-0.05, 0) is 43.4 Å². The lowest BCUT2D eigenvalue weighted by Crippen LogP contribution is -2.39. The van der Waals surface area contributed by atoms with Crippen LogP contribution in [0.2, 0.25) is 0 Å². The topological polar surface area (TPSA) is 58.2 Å². The number of dihydropyridines is 1. The minimum Gasteiger partial charge on any atom is -0.362 e. The SMILES string of the molecule is CC1=C(C(=O)Nc2ccccc2)C(c2ccc(C)cc2)C2=C(CC(C)(C)CC2=O)N1. The summed E-state index contributed by atoms with van der Waals surface area (Å²) in [6, 6.07) is 17.6. The summed E-state index contributed by atoms with van der Waals surface area (Å²) in [4.78, 5) is 26.7. The van der Waals surface area contributed by atoms with Crippen LogP contribution < -0.4 is 10.6 Å². The van der Waals surface area contributed by atoms with Crippen LogP contribution in [0, 0.1) is 12.3 Å². The minimum atomic E-state index is -0.367. The Bertz CT molecular complexity index is 1060. The van der Waals surface area contributed by atoms with Gasteiger partial charge in [-0.25, -0.2) is 0 Å². The van der Waals surface area contributed by atoms with Crippen LogP contribution in [0.1, 0.15) is 50.7 Å². The molecule has 0 saturated heterocycles. The molecule has 154 valence electrons. The molecule has 0 spiro atoms. The van der Waals surface area contributed by atoms with E-state index >= 15 is 0 Å². The second-order valence-electron chi connectivity index (χ2n) is 9.16. The maximum absolute atomic E-state index is 13.4. The molecule has 0 bridgehead atoms. The van der Waals surface area contributed by atoms with E-state index in [-0.39, 0.29) is 23.0 Å². The van der Waals surface area contributed by atoms with Crippen molar-refractivity contribution in [3.63, 3.8) is 0 Å². The Morgan fingerprint density at radius 1 is 1.00 bits per heavy atom. The number of nitrogens with one attached hydrogen (secondary N) is 2. The molecule has 4 rings (SSSR count). The first-order chi connectivity index (χ1) is 14.2. The van der Waals surface area contributed by atoms with Gasteiger partial charge >= 0.3 is 0 Å². The first-order valence-electron chi connectivity index (χ1n) is 10.4. The summed E-state index contributed by atoms with van der Waals surface area (Å²) in [5, 5.41) is 6.42. The standard InChI is InChI=1S/C26H28N2O2/c1-16-10-12-18(13-11-16)23-22(25(30)28-19-8-6-5-7-9-19)17(2)27-20-14-26(3,4)15-21(29)24(20)23/h5-13,23,27H,14-15H2,1-4H3,(H,28,30). The molecule has 1 heterocycles. The van der Waals surface area contributed by atoms with Gasteiger partial charge in [0.2, 0.25) is 0 Å². The molecule has 2 aliphatic rings. The van der Waals surface area contributed by atoms with Crippen molar-refractivity contribution in [3.8, 4) is 0 Å². The Kier molecular flexibility index (Phi) is 5.10. The van der Waals surface area contributed by atoms with Crippen molar-refractivity contribution < 1.29 is 9.59 Å². The number of para-hydroxylation sites is 1. The predicted octanol–water partition coefficient (Wildman–Crippen LogP) is 5.24. The highest BCUT2D eigenvalue weighted by molar-refractivity contribution is 6.09. The Labute approximate surface area is 178 Å². The average molecular weight is 401 g/mol. The normalized spacial score (nSPS) is 20.5. The fourth-order valence-corrected chi connectivity index (χ4v) is 4.55. The lowest BCUT2D eigenvalue weighted by molar-refractivity contribution is -0.118. The van der Waals surface area contributed by atoms with Crippen molar-refractivity contribution in [3.05, 3.63) is 88.3 Å². The van der Waals surface area contributed by atoms with E-state index in [1.807, 2.05) is 68.4 Å². The van der Waals surface area contributed by atoms with E-state index in [0.717, 1.165) is 40.2 Å². The fourth-order valence-electron chi connectivity index (χ4n) is 4.55. The number of amides is 1. The number of rotatable bonds is 3. The van der Waals surface area contributed by atoms with E-state index in [1.54, 1.807) is 0 Å². The third-order valence-electron chi connectivity index (χ3n) is 5.93. The molecular weight excluding hydrogens is 372 g/mol. The molecule has 2 aromatic carbocycles. The van der Waals surface area contributed by atoms with Crippen LogP contribution in [0.25, 0.3) is 0 Å². The minimum absolute atomic E-state index is 0.0924. The van der Waals surface area contributed by atoms with E-state index in [1.165, 1.54) is 0 Å². The number of ketones is 1. The first-order valence-corrected chi connectivity index (χ1v) is 10.4. The largest absolute Gasteiger partial charge is 0.362 e. The van der Waals surface area contributed by atoms with Crippen molar-refractivity contribution in [1.29, 1.82) is 0 Å². The van der Waals surface area contributed by atoms with E-state index in [0.29, 0.717) is 12.0 Å². The lowest BCUT2D eigenvalue weighted by atomic mass is 9.68. The Morgan fingerprint density at radius 3 is 2.33 bits per heavy atom. The molecule has 1 aliphatic carbocycles. The zero-order valence-corrected chi connectivity index (χ0v) is 18.0. The van der Waals surface area contributed by atoms with Crippen molar-refractivity contribution in [2.24, 2.45) is 5.41 Å². The van der Waals surface area contributed by atoms with Gasteiger partial charge < -0.3 is 10.6 Å². The molecule has 0 radical (unpaired) electrons. The number of allylic oxidation sites excluding steroid dienone is 3. The van der Waals surface area contributed by atoms with Crippen LogP contribution in [-0.2, 0) is 9.59 Å². The lowest BCUT2D eigenvalue weighted by Gasteiger charge is -2.39. The summed E-state index contributed by atoms with van der Waals surface area (Å²) in [5.74, 6) is -0.424. The van der Waals surface area contributed by atoms with Gasteiger partial charge in [0.15, 0.2) is 5.78 Å².